The fourth-order valence-corrected chi connectivity index (χ4v) is 3.51. The van der Waals surface area contributed by atoms with Crippen molar-refractivity contribution in [3.63, 3.8) is 0 Å². The summed E-state index contributed by atoms with van der Waals surface area (Å²) >= 11 is 1.28. The van der Waals surface area contributed by atoms with Gasteiger partial charge in [0.25, 0.3) is 5.91 Å². The molecule has 7 nitrogen and oxygen atoms in total. The molecule has 3 N–H and O–H groups in total. The van der Waals surface area contributed by atoms with Gasteiger partial charge in [-0.1, -0.05) is 30.3 Å². The van der Waals surface area contributed by atoms with Crippen molar-refractivity contribution in [3.8, 4) is 10.6 Å². The summed E-state index contributed by atoms with van der Waals surface area (Å²) in [6.45, 7) is 2.05. The van der Waals surface area contributed by atoms with Gasteiger partial charge < -0.3 is 5.32 Å². The van der Waals surface area contributed by atoms with Crippen molar-refractivity contribution in [2.24, 2.45) is 5.92 Å². The summed E-state index contributed by atoms with van der Waals surface area (Å²) in [6.07, 6.45) is 0.797. The smallest absolute Gasteiger partial charge is 0.281 e. The zero-order valence-electron chi connectivity index (χ0n) is 13.7. The number of aryl methyl sites for hydroxylation is 1. The number of hydrogen-bond acceptors (Lipinski definition) is 5. The Bertz CT molecular complexity index is 793. The van der Waals surface area contributed by atoms with E-state index in [1.54, 1.807) is 6.92 Å². The standard InChI is InChI=1S/C17H18N4O3S/c1-10-14(25-17(19-10)11-5-3-2-4-6-11)16(24)21-20-15(23)12-7-8-13(22)18-9-12/h2-6,12H,7-9H2,1H3,(H,18,22)(H,20,23)(H,21,24). The molecule has 0 aliphatic carbocycles. The predicted octanol–water partition coefficient (Wildman–Crippen LogP) is 1.41. The number of carbonyl (C=O) groups excluding carboxylic acids is 3. The second kappa shape index (κ2) is 7.43. The molecule has 1 aromatic heterocycles. The molecule has 1 aromatic carbocycles. The van der Waals surface area contributed by atoms with Crippen LogP contribution in [0.5, 0.6) is 0 Å². The van der Waals surface area contributed by atoms with Crippen molar-refractivity contribution in [1.29, 1.82) is 0 Å². The largest absolute Gasteiger partial charge is 0.355 e. The molecular weight excluding hydrogens is 340 g/mol. The Balaban J connectivity index is 1.61. The first kappa shape index (κ1) is 17.1. The van der Waals surface area contributed by atoms with Crippen LogP contribution < -0.4 is 16.2 Å². The van der Waals surface area contributed by atoms with Crippen LogP contribution in [0.3, 0.4) is 0 Å². The highest BCUT2D eigenvalue weighted by molar-refractivity contribution is 7.17. The Morgan fingerprint density at radius 2 is 2.00 bits per heavy atom. The highest BCUT2D eigenvalue weighted by Crippen LogP contribution is 2.27. The molecular formula is C17H18N4O3S. The van der Waals surface area contributed by atoms with Crippen LogP contribution in [0.25, 0.3) is 10.6 Å². The number of nitrogens with one attached hydrogen (secondary N) is 3. The fourth-order valence-electron chi connectivity index (χ4n) is 2.55. The van der Waals surface area contributed by atoms with Crippen LogP contribution in [0.4, 0.5) is 0 Å². The van der Waals surface area contributed by atoms with E-state index in [0.717, 1.165) is 10.6 Å². The SMILES string of the molecule is Cc1nc(-c2ccccc2)sc1C(=O)NNC(=O)C1CCC(=O)NC1. The molecule has 1 atom stereocenters. The van der Waals surface area contributed by atoms with Crippen molar-refractivity contribution >= 4 is 29.1 Å². The quantitative estimate of drug-likeness (QED) is 0.722. The number of rotatable bonds is 3. The minimum Gasteiger partial charge on any atom is -0.355 e. The number of benzene rings is 1. The molecule has 1 aliphatic rings. The van der Waals surface area contributed by atoms with Crippen LogP contribution in [0.15, 0.2) is 30.3 Å². The summed E-state index contributed by atoms with van der Waals surface area (Å²) in [5.41, 5.74) is 6.42. The van der Waals surface area contributed by atoms with E-state index >= 15 is 0 Å². The first-order valence-electron chi connectivity index (χ1n) is 7.94. The normalized spacial score (nSPS) is 16.8. The maximum absolute atomic E-state index is 12.3. The van der Waals surface area contributed by atoms with Crippen molar-refractivity contribution in [1.82, 2.24) is 21.2 Å². The molecule has 0 saturated carbocycles. The Morgan fingerprint density at radius 3 is 2.68 bits per heavy atom. The summed E-state index contributed by atoms with van der Waals surface area (Å²) in [6, 6.07) is 9.60. The Hall–Kier alpha value is -2.74. The van der Waals surface area contributed by atoms with Crippen molar-refractivity contribution < 1.29 is 14.4 Å². The molecule has 1 fully saturated rings. The van der Waals surface area contributed by atoms with E-state index in [2.05, 4.69) is 21.2 Å². The summed E-state index contributed by atoms with van der Waals surface area (Å²) in [7, 11) is 0. The minimum atomic E-state index is -0.398. The van der Waals surface area contributed by atoms with E-state index < -0.39 is 5.91 Å². The van der Waals surface area contributed by atoms with E-state index in [1.165, 1.54) is 11.3 Å². The lowest BCUT2D eigenvalue weighted by Gasteiger charge is -2.21. The van der Waals surface area contributed by atoms with Gasteiger partial charge in [0.15, 0.2) is 0 Å². The van der Waals surface area contributed by atoms with Gasteiger partial charge in [0.1, 0.15) is 9.88 Å². The first-order chi connectivity index (χ1) is 12.0. The Morgan fingerprint density at radius 1 is 1.24 bits per heavy atom. The molecule has 2 aromatic rings. The van der Waals surface area contributed by atoms with Crippen LogP contribution in [0.1, 0.15) is 28.2 Å². The third-order valence-electron chi connectivity index (χ3n) is 3.96. The molecule has 1 aliphatic heterocycles. The summed E-state index contributed by atoms with van der Waals surface area (Å²) in [4.78, 5) is 40.4. The van der Waals surface area contributed by atoms with Crippen LogP contribution in [0, 0.1) is 12.8 Å². The summed E-state index contributed by atoms with van der Waals surface area (Å²) in [5.74, 6) is -1.09. The number of nitrogens with zero attached hydrogens (tertiary/aromatic N) is 1. The third-order valence-corrected chi connectivity index (χ3v) is 5.16. The topological polar surface area (TPSA) is 100 Å². The lowest BCUT2D eigenvalue weighted by atomic mass is 9.99. The van der Waals surface area contributed by atoms with Gasteiger partial charge in [0.2, 0.25) is 11.8 Å². The maximum Gasteiger partial charge on any atom is 0.281 e. The number of amides is 3. The second-order valence-corrected chi connectivity index (χ2v) is 6.78. The highest BCUT2D eigenvalue weighted by atomic mass is 32.1. The third kappa shape index (κ3) is 4.03. The number of hydrogen-bond donors (Lipinski definition) is 3. The van der Waals surface area contributed by atoms with Crippen LogP contribution in [-0.4, -0.2) is 29.3 Å². The van der Waals surface area contributed by atoms with Gasteiger partial charge >= 0.3 is 0 Å². The van der Waals surface area contributed by atoms with Crippen molar-refractivity contribution in [3.05, 3.63) is 40.9 Å². The van der Waals surface area contributed by atoms with Crippen molar-refractivity contribution in [2.75, 3.05) is 6.54 Å². The molecule has 25 heavy (non-hydrogen) atoms. The number of carbonyl (C=O) groups is 3. The monoisotopic (exact) mass is 358 g/mol. The number of hydrazine groups is 1. The van der Waals surface area contributed by atoms with Gasteiger partial charge in [-0.2, -0.15) is 0 Å². The average molecular weight is 358 g/mol. The highest BCUT2D eigenvalue weighted by Gasteiger charge is 2.25. The second-order valence-electron chi connectivity index (χ2n) is 5.78. The van der Waals surface area contributed by atoms with Gasteiger partial charge in [-0.05, 0) is 13.3 Å². The molecule has 130 valence electrons. The van der Waals surface area contributed by atoms with E-state index in [4.69, 9.17) is 0 Å². The molecule has 3 rings (SSSR count). The van der Waals surface area contributed by atoms with Gasteiger partial charge in [-0.15, -0.1) is 11.3 Å². The Kier molecular flexibility index (Phi) is 5.08. The van der Waals surface area contributed by atoms with E-state index in [9.17, 15) is 14.4 Å². The Labute approximate surface area is 148 Å². The number of aromatic nitrogens is 1. The predicted molar refractivity (Wildman–Crippen MR) is 93.6 cm³/mol. The van der Waals surface area contributed by atoms with E-state index in [1.807, 2.05) is 30.3 Å². The van der Waals surface area contributed by atoms with Gasteiger partial charge in [-0.3, -0.25) is 25.2 Å². The number of piperidine rings is 1. The first-order valence-corrected chi connectivity index (χ1v) is 8.76. The molecule has 8 heteroatoms. The average Bonchev–Trinajstić information content (AvgIpc) is 3.02. The van der Waals surface area contributed by atoms with Crippen LogP contribution in [0.2, 0.25) is 0 Å². The fraction of sp³-hybridized carbons (Fsp3) is 0.294. The molecule has 0 radical (unpaired) electrons. The van der Waals surface area contributed by atoms with E-state index in [0.29, 0.717) is 23.4 Å². The minimum absolute atomic E-state index is 0.0539. The molecule has 0 bridgehead atoms. The van der Waals surface area contributed by atoms with E-state index in [-0.39, 0.29) is 24.3 Å². The molecule has 1 unspecified atom stereocenters. The lowest BCUT2D eigenvalue weighted by Crippen LogP contribution is -2.49. The molecule has 1 saturated heterocycles. The summed E-state index contributed by atoms with van der Waals surface area (Å²) < 4.78 is 0. The molecule has 3 amide bonds. The van der Waals surface area contributed by atoms with Gasteiger partial charge in [0, 0.05) is 18.5 Å². The molecule has 0 spiro atoms. The zero-order valence-corrected chi connectivity index (χ0v) is 14.5. The number of thiazole rings is 1. The van der Waals surface area contributed by atoms with Crippen molar-refractivity contribution in [2.45, 2.75) is 19.8 Å². The van der Waals surface area contributed by atoms with Gasteiger partial charge in [0.05, 0.1) is 11.6 Å². The summed E-state index contributed by atoms with van der Waals surface area (Å²) in [5, 5.41) is 3.40. The zero-order chi connectivity index (χ0) is 17.8. The maximum atomic E-state index is 12.3. The lowest BCUT2D eigenvalue weighted by molar-refractivity contribution is -0.129. The van der Waals surface area contributed by atoms with Crippen LogP contribution >= 0.6 is 11.3 Å². The molecule has 2 heterocycles. The van der Waals surface area contributed by atoms with Crippen LogP contribution in [-0.2, 0) is 9.59 Å². The van der Waals surface area contributed by atoms with Gasteiger partial charge in [-0.25, -0.2) is 4.98 Å².